The van der Waals surface area contributed by atoms with Gasteiger partial charge in [-0.25, -0.2) is 0 Å². The van der Waals surface area contributed by atoms with Crippen LogP contribution in [0.5, 0.6) is 0 Å². The number of aliphatic carboxylic acids is 2. The smallest absolute Gasteiger partial charge is 0.320 e. The number of nitrogens with two attached hydrogens (primary N) is 3. The molecule has 1 rings (SSSR count). The van der Waals surface area contributed by atoms with Gasteiger partial charge < -0.3 is 42.7 Å². The Bertz CT molecular complexity index is 726. The second kappa shape index (κ2) is 20.6. The zero-order valence-electron chi connectivity index (χ0n) is 22.0. The Morgan fingerprint density at radius 2 is 1.73 bits per heavy atom. The van der Waals surface area contributed by atoms with Gasteiger partial charge in [-0.2, -0.15) is 0 Å². The first kappa shape index (κ1) is 34.5. The van der Waals surface area contributed by atoms with Crippen LogP contribution in [0.25, 0.3) is 0 Å². The SMILES string of the molecule is CCCCC[C@H](O)/C=C/[C@@H]1[C@@H](C/C=C\CCCC(=O)O)[C@@H](O)C[C@H]1O.NC(N)=NCCC[C@H](N)C(=O)O. The van der Waals surface area contributed by atoms with Gasteiger partial charge >= 0.3 is 11.9 Å². The van der Waals surface area contributed by atoms with Gasteiger partial charge in [-0.15, -0.1) is 0 Å². The highest BCUT2D eigenvalue weighted by molar-refractivity contribution is 5.75. The van der Waals surface area contributed by atoms with Gasteiger partial charge in [-0.05, 0) is 44.4 Å². The van der Waals surface area contributed by atoms with E-state index in [0.29, 0.717) is 45.1 Å². The summed E-state index contributed by atoms with van der Waals surface area (Å²) in [7, 11) is 0. The van der Waals surface area contributed by atoms with Gasteiger partial charge in [0.25, 0.3) is 0 Å². The maximum Gasteiger partial charge on any atom is 0.320 e. The summed E-state index contributed by atoms with van der Waals surface area (Å²) in [6.45, 7) is 2.54. The number of aliphatic imine (C=N–C) groups is 1. The molecule has 0 amide bonds. The largest absolute Gasteiger partial charge is 0.481 e. The number of aliphatic hydroxyl groups is 3. The maximum atomic E-state index is 10.5. The first-order valence-electron chi connectivity index (χ1n) is 13.1. The highest BCUT2D eigenvalue weighted by Gasteiger charge is 2.39. The lowest BCUT2D eigenvalue weighted by molar-refractivity contribution is -0.139. The zero-order chi connectivity index (χ0) is 28.2. The number of allylic oxidation sites excluding steroid dienone is 2. The number of rotatable bonds is 17. The molecular weight excluding hydrogens is 480 g/mol. The second-order valence-corrected chi connectivity index (χ2v) is 9.45. The molecular formula is C26H48N4O7. The van der Waals surface area contributed by atoms with Crippen molar-refractivity contribution in [1.29, 1.82) is 0 Å². The van der Waals surface area contributed by atoms with E-state index < -0.39 is 36.3 Å². The molecule has 0 heterocycles. The molecule has 0 aromatic heterocycles. The van der Waals surface area contributed by atoms with E-state index in [-0.39, 0.29) is 24.2 Å². The summed E-state index contributed by atoms with van der Waals surface area (Å²) in [5.74, 6) is -1.99. The van der Waals surface area contributed by atoms with Gasteiger partial charge in [0, 0.05) is 25.3 Å². The molecule has 1 aliphatic carbocycles. The molecule has 1 fully saturated rings. The molecule has 0 saturated heterocycles. The monoisotopic (exact) mass is 528 g/mol. The predicted octanol–water partition coefficient (Wildman–Crippen LogP) is 1.49. The second-order valence-electron chi connectivity index (χ2n) is 9.45. The molecule has 1 saturated carbocycles. The molecule has 0 aliphatic heterocycles. The quantitative estimate of drug-likeness (QED) is 0.0587. The van der Waals surface area contributed by atoms with Crippen molar-refractivity contribution in [2.75, 3.05) is 6.54 Å². The molecule has 0 bridgehead atoms. The molecule has 0 radical (unpaired) electrons. The zero-order valence-corrected chi connectivity index (χ0v) is 22.0. The van der Waals surface area contributed by atoms with Gasteiger partial charge in [-0.3, -0.25) is 14.6 Å². The fraction of sp³-hybridized carbons (Fsp3) is 0.731. The van der Waals surface area contributed by atoms with Crippen LogP contribution in [0.1, 0.15) is 77.6 Å². The summed E-state index contributed by atoms with van der Waals surface area (Å²) in [6.07, 6.45) is 13.3. The van der Waals surface area contributed by atoms with Gasteiger partial charge in [0.15, 0.2) is 5.96 Å². The van der Waals surface area contributed by atoms with Gasteiger partial charge in [-0.1, -0.05) is 50.5 Å². The Labute approximate surface area is 220 Å². The van der Waals surface area contributed by atoms with Crippen LogP contribution in [0.2, 0.25) is 0 Å². The molecule has 214 valence electrons. The number of hydrogen-bond acceptors (Lipinski definition) is 7. The topological polar surface area (TPSA) is 226 Å². The highest BCUT2D eigenvalue weighted by Crippen LogP contribution is 2.36. The number of aliphatic hydroxyl groups excluding tert-OH is 3. The third kappa shape index (κ3) is 17.6. The van der Waals surface area contributed by atoms with E-state index >= 15 is 0 Å². The molecule has 0 aromatic rings. The Hall–Kier alpha value is -2.47. The van der Waals surface area contributed by atoms with Gasteiger partial charge in [0.1, 0.15) is 6.04 Å². The molecule has 11 heteroatoms. The average Bonchev–Trinajstić information content (AvgIpc) is 3.09. The lowest BCUT2D eigenvalue weighted by Crippen LogP contribution is -2.30. The molecule has 1 aliphatic rings. The predicted molar refractivity (Wildman–Crippen MR) is 144 cm³/mol. The van der Waals surface area contributed by atoms with Crippen molar-refractivity contribution in [1.82, 2.24) is 0 Å². The molecule has 0 unspecified atom stereocenters. The Morgan fingerprint density at radius 1 is 1.03 bits per heavy atom. The van der Waals surface area contributed by atoms with Crippen LogP contribution >= 0.6 is 0 Å². The van der Waals surface area contributed by atoms with Crippen LogP contribution in [0.3, 0.4) is 0 Å². The van der Waals surface area contributed by atoms with E-state index in [1.807, 2.05) is 18.2 Å². The minimum atomic E-state index is -1.00. The van der Waals surface area contributed by atoms with Crippen LogP contribution in [0, 0.1) is 11.8 Å². The number of nitrogens with zero attached hydrogens (tertiary/aromatic N) is 1. The first-order chi connectivity index (χ1) is 17.5. The molecule has 11 N–H and O–H groups in total. The number of carboxylic acids is 2. The summed E-state index contributed by atoms with van der Waals surface area (Å²) in [4.78, 5) is 24.4. The average molecular weight is 529 g/mol. The van der Waals surface area contributed by atoms with Crippen LogP contribution in [-0.4, -0.2) is 74.3 Å². The normalized spacial score (nSPS) is 22.9. The summed E-state index contributed by atoms with van der Waals surface area (Å²) in [6, 6.07) is -0.820. The molecule has 0 aromatic carbocycles. The van der Waals surface area contributed by atoms with Crippen molar-refractivity contribution >= 4 is 17.9 Å². The molecule has 0 spiro atoms. The first-order valence-corrected chi connectivity index (χ1v) is 13.1. The Balaban J connectivity index is 0.000000908. The Morgan fingerprint density at radius 3 is 2.32 bits per heavy atom. The van der Waals surface area contributed by atoms with Crippen LogP contribution in [0.4, 0.5) is 0 Å². The van der Waals surface area contributed by atoms with Crippen LogP contribution in [-0.2, 0) is 9.59 Å². The van der Waals surface area contributed by atoms with E-state index in [4.69, 9.17) is 27.4 Å². The number of guanidine groups is 1. The van der Waals surface area contributed by atoms with Crippen molar-refractivity contribution in [3.63, 3.8) is 0 Å². The summed E-state index contributed by atoms with van der Waals surface area (Å²) in [5.41, 5.74) is 15.3. The molecule has 11 nitrogen and oxygen atoms in total. The van der Waals surface area contributed by atoms with E-state index in [1.165, 1.54) is 0 Å². The van der Waals surface area contributed by atoms with E-state index in [9.17, 15) is 24.9 Å². The third-order valence-electron chi connectivity index (χ3n) is 6.20. The lowest BCUT2D eigenvalue weighted by Gasteiger charge is -2.19. The summed E-state index contributed by atoms with van der Waals surface area (Å²) < 4.78 is 0. The fourth-order valence-electron chi connectivity index (χ4n) is 4.05. The number of carbonyl (C=O) groups is 2. The van der Waals surface area contributed by atoms with Crippen molar-refractivity contribution in [2.24, 2.45) is 34.0 Å². The number of hydrogen-bond donors (Lipinski definition) is 8. The van der Waals surface area contributed by atoms with Crippen molar-refractivity contribution < 1.29 is 35.1 Å². The van der Waals surface area contributed by atoms with Crippen molar-refractivity contribution in [3.05, 3.63) is 24.3 Å². The lowest BCUT2D eigenvalue weighted by atomic mass is 9.89. The van der Waals surface area contributed by atoms with E-state index in [1.54, 1.807) is 6.08 Å². The highest BCUT2D eigenvalue weighted by atomic mass is 16.4. The number of unbranched alkanes of at least 4 members (excludes halogenated alkanes) is 3. The van der Waals surface area contributed by atoms with Crippen LogP contribution < -0.4 is 17.2 Å². The minimum absolute atomic E-state index is 0.0129. The third-order valence-corrected chi connectivity index (χ3v) is 6.20. The van der Waals surface area contributed by atoms with E-state index in [0.717, 1.165) is 25.7 Å². The minimum Gasteiger partial charge on any atom is -0.481 e. The van der Waals surface area contributed by atoms with E-state index in [2.05, 4.69) is 11.9 Å². The summed E-state index contributed by atoms with van der Waals surface area (Å²) >= 11 is 0. The maximum absolute atomic E-state index is 10.5. The molecule has 37 heavy (non-hydrogen) atoms. The molecule has 6 atom stereocenters. The Kier molecular flexibility index (Phi) is 19.2. The van der Waals surface area contributed by atoms with Crippen LogP contribution in [0.15, 0.2) is 29.3 Å². The van der Waals surface area contributed by atoms with Gasteiger partial charge in [0.05, 0.1) is 18.3 Å². The van der Waals surface area contributed by atoms with Crippen molar-refractivity contribution in [2.45, 2.75) is 102 Å². The van der Waals surface area contributed by atoms with Gasteiger partial charge in [0.2, 0.25) is 0 Å². The van der Waals surface area contributed by atoms with Crippen molar-refractivity contribution in [3.8, 4) is 0 Å². The standard InChI is InChI=1S/C20H34O5.C6H14N4O2/c1-2-3-6-9-15(21)12-13-17-16(18(22)14-19(17)23)10-7-4-5-8-11-20(24)25;7-4(5(11)12)2-1-3-10-6(8)9/h4,7,12-13,15-19,21-23H,2-3,5-6,8-11,14H2,1H3,(H,24,25);4H,1-3,7H2,(H,11,12)(H4,8,9,10)/b7-4-,13-12+;/t15-,16+,17+,18-,19+;4-/m00/s1. The summed E-state index contributed by atoms with van der Waals surface area (Å²) in [5, 5.41) is 47.3. The fourth-order valence-corrected chi connectivity index (χ4v) is 4.05. The number of carboxylic acid groups (broad SMARTS) is 2.